The highest BCUT2D eigenvalue weighted by Crippen LogP contribution is 2.57. The van der Waals surface area contributed by atoms with E-state index < -0.39 is 11.6 Å². The van der Waals surface area contributed by atoms with Gasteiger partial charge >= 0.3 is 6.03 Å². The van der Waals surface area contributed by atoms with Crippen LogP contribution in [0, 0.1) is 17.3 Å². The van der Waals surface area contributed by atoms with Crippen molar-refractivity contribution >= 4 is 11.7 Å². The number of nitrogens with two attached hydrogens (primary N) is 1. The highest BCUT2D eigenvalue weighted by atomic mass is 16.3. The Labute approximate surface area is 132 Å². The molecular weight excluding hydrogens is 278 g/mol. The highest BCUT2D eigenvalue weighted by Gasteiger charge is 2.52. The van der Waals surface area contributed by atoms with Gasteiger partial charge in [0.05, 0.1) is 11.3 Å². The molecule has 0 aromatic carbocycles. The van der Waals surface area contributed by atoms with E-state index in [1.807, 2.05) is 0 Å². The predicted molar refractivity (Wildman–Crippen MR) is 86.3 cm³/mol. The zero-order valence-corrected chi connectivity index (χ0v) is 13.8. The molecule has 0 heterocycles. The highest BCUT2D eigenvalue weighted by molar-refractivity contribution is 6.04. The maximum atomic E-state index is 11.4. The van der Waals surface area contributed by atoms with Crippen LogP contribution in [0.3, 0.4) is 0 Å². The third-order valence-electron chi connectivity index (χ3n) is 5.43. The van der Waals surface area contributed by atoms with Gasteiger partial charge in [-0.3, -0.25) is 0 Å². The molecule has 0 aromatic heterocycles. The van der Waals surface area contributed by atoms with Crippen molar-refractivity contribution in [3.05, 3.63) is 11.1 Å². The number of aliphatic hydroxyl groups is 1. The largest absolute Gasteiger partial charge is 0.385 e. The number of primary amides is 1. The first-order valence-electron chi connectivity index (χ1n) is 8.28. The smallest absolute Gasteiger partial charge is 0.332 e. The van der Waals surface area contributed by atoms with E-state index >= 15 is 0 Å². The Hall–Kier alpha value is -1.36. The van der Waals surface area contributed by atoms with Gasteiger partial charge in [-0.15, -0.1) is 0 Å². The van der Waals surface area contributed by atoms with Gasteiger partial charge in [0, 0.05) is 5.57 Å². The van der Waals surface area contributed by atoms with Crippen LogP contribution in [-0.4, -0.2) is 22.5 Å². The van der Waals surface area contributed by atoms with Crippen molar-refractivity contribution in [3.63, 3.8) is 0 Å². The fraction of sp³-hybridized carbons (Fsp3) is 0.765. The van der Waals surface area contributed by atoms with Crippen LogP contribution in [0.2, 0.25) is 0 Å². The molecule has 122 valence electrons. The van der Waals surface area contributed by atoms with Crippen LogP contribution in [0.15, 0.2) is 16.2 Å². The summed E-state index contributed by atoms with van der Waals surface area (Å²) in [7, 11) is 0. The Bertz CT molecular complexity index is 568. The molecule has 5 nitrogen and oxygen atoms in total. The Morgan fingerprint density at radius 2 is 2.05 bits per heavy atom. The van der Waals surface area contributed by atoms with E-state index in [0.717, 1.165) is 43.4 Å². The molecule has 2 amide bonds. The summed E-state index contributed by atoms with van der Waals surface area (Å²) < 4.78 is 0. The quantitative estimate of drug-likeness (QED) is 0.650. The van der Waals surface area contributed by atoms with Crippen LogP contribution < -0.4 is 11.2 Å². The van der Waals surface area contributed by atoms with E-state index in [1.54, 1.807) is 0 Å². The van der Waals surface area contributed by atoms with Crippen LogP contribution in [-0.2, 0) is 0 Å². The first-order chi connectivity index (χ1) is 10.2. The van der Waals surface area contributed by atoms with Gasteiger partial charge in [-0.2, -0.15) is 5.10 Å². The van der Waals surface area contributed by atoms with Crippen molar-refractivity contribution in [2.75, 3.05) is 0 Å². The second-order valence-electron chi connectivity index (χ2n) is 8.24. The molecular formula is C17H27N3O2. The normalized spacial score (nSPS) is 43.0. The summed E-state index contributed by atoms with van der Waals surface area (Å²) in [6, 6.07) is -0.655. The van der Waals surface area contributed by atoms with Crippen molar-refractivity contribution in [1.82, 2.24) is 5.43 Å². The first-order valence-corrected chi connectivity index (χ1v) is 8.28. The van der Waals surface area contributed by atoms with Gasteiger partial charge in [-0.05, 0) is 55.8 Å². The Kier molecular flexibility index (Phi) is 3.59. The number of nitrogens with zero attached hydrogens (tertiary/aromatic N) is 1. The minimum absolute atomic E-state index is 0.185. The maximum absolute atomic E-state index is 11.4. The van der Waals surface area contributed by atoms with E-state index in [0.29, 0.717) is 11.8 Å². The van der Waals surface area contributed by atoms with Crippen LogP contribution >= 0.6 is 0 Å². The molecule has 0 spiro atoms. The molecule has 2 bridgehead atoms. The summed E-state index contributed by atoms with van der Waals surface area (Å²) in [6.45, 7) is 6.72. The number of hydrazone groups is 1. The molecule has 0 aliphatic heterocycles. The molecule has 1 fully saturated rings. The summed E-state index contributed by atoms with van der Waals surface area (Å²) in [5.41, 5.74) is 10.1. The zero-order valence-electron chi connectivity index (χ0n) is 13.8. The second-order valence-corrected chi connectivity index (χ2v) is 8.24. The molecule has 4 atom stereocenters. The molecule has 5 heteroatoms. The lowest BCUT2D eigenvalue weighted by Crippen LogP contribution is -2.51. The van der Waals surface area contributed by atoms with Gasteiger partial charge in [0.2, 0.25) is 0 Å². The minimum atomic E-state index is -0.793. The molecule has 3 aliphatic carbocycles. The summed E-state index contributed by atoms with van der Waals surface area (Å²) in [5.74, 6) is 0.984. The minimum Gasteiger partial charge on any atom is -0.385 e. The average Bonchev–Trinajstić information content (AvgIpc) is 2.31. The van der Waals surface area contributed by atoms with Crippen LogP contribution in [0.5, 0.6) is 0 Å². The number of amides is 2. The van der Waals surface area contributed by atoms with Gasteiger partial charge in [-0.25, -0.2) is 10.2 Å². The van der Waals surface area contributed by atoms with Gasteiger partial charge in [0.15, 0.2) is 0 Å². The topological polar surface area (TPSA) is 87.7 Å². The molecule has 0 saturated heterocycles. The fourth-order valence-electron chi connectivity index (χ4n) is 5.39. The number of allylic oxidation sites excluding steroid dienone is 1. The predicted octanol–water partition coefficient (Wildman–Crippen LogP) is 2.70. The summed E-state index contributed by atoms with van der Waals surface area (Å²) >= 11 is 0. The van der Waals surface area contributed by atoms with Crippen LogP contribution in [0.4, 0.5) is 4.79 Å². The van der Waals surface area contributed by atoms with Crippen molar-refractivity contribution < 1.29 is 9.90 Å². The molecule has 3 aliphatic rings. The number of hydrogen-bond donors (Lipinski definition) is 3. The second kappa shape index (κ2) is 5.08. The van der Waals surface area contributed by atoms with Crippen molar-refractivity contribution in [1.29, 1.82) is 0 Å². The lowest BCUT2D eigenvalue weighted by Gasteiger charge is -2.54. The molecule has 0 radical (unpaired) electrons. The molecule has 0 aromatic rings. The summed E-state index contributed by atoms with van der Waals surface area (Å²) in [4.78, 5) is 11.0. The fourth-order valence-corrected chi connectivity index (χ4v) is 5.39. The van der Waals surface area contributed by atoms with E-state index in [-0.39, 0.29) is 5.41 Å². The SMILES string of the molecule is CC1CC(=NNC(N)=O)C2=C(C1)CC1(C)CC(C)CC2(O)C1. The van der Waals surface area contributed by atoms with E-state index in [2.05, 4.69) is 31.3 Å². The number of urea groups is 1. The van der Waals surface area contributed by atoms with E-state index in [1.165, 1.54) is 12.0 Å². The Morgan fingerprint density at radius 3 is 2.73 bits per heavy atom. The third kappa shape index (κ3) is 2.67. The number of fused-ring (bicyclic) bond motifs is 3. The molecule has 3 rings (SSSR count). The third-order valence-corrected chi connectivity index (χ3v) is 5.43. The van der Waals surface area contributed by atoms with E-state index in [9.17, 15) is 9.90 Å². The van der Waals surface area contributed by atoms with Crippen molar-refractivity contribution in [2.24, 2.45) is 28.1 Å². The van der Waals surface area contributed by atoms with Gasteiger partial charge < -0.3 is 10.8 Å². The Morgan fingerprint density at radius 1 is 1.32 bits per heavy atom. The summed E-state index contributed by atoms with van der Waals surface area (Å²) in [6.07, 6.45) is 5.60. The van der Waals surface area contributed by atoms with Crippen LogP contribution in [0.25, 0.3) is 0 Å². The lowest BCUT2D eigenvalue weighted by molar-refractivity contribution is -0.0449. The van der Waals surface area contributed by atoms with Gasteiger partial charge in [0.1, 0.15) is 0 Å². The number of rotatable bonds is 1. The monoisotopic (exact) mass is 305 g/mol. The summed E-state index contributed by atoms with van der Waals surface area (Å²) in [5, 5.41) is 15.6. The number of carbonyl (C=O) groups excluding carboxylic acids is 1. The van der Waals surface area contributed by atoms with Gasteiger partial charge in [-0.1, -0.05) is 26.3 Å². The number of nitrogens with one attached hydrogen (secondary N) is 1. The standard InChI is InChI=1S/C17H27N3O2/c1-10-4-12-8-16(3)6-11(2)7-17(22,9-16)14(12)13(5-10)19-20-15(18)21/h10-11,22H,4-9H2,1-3H3,(H3,18,20,21). The number of carbonyl (C=O) groups is 1. The molecule has 22 heavy (non-hydrogen) atoms. The first kappa shape index (κ1) is 15.5. The maximum Gasteiger partial charge on any atom is 0.332 e. The molecule has 1 saturated carbocycles. The van der Waals surface area contributed by atoms with Gasteiger partial charge in [0.25, 0.3) is 0 Å². The molecule has 4 unspecified atom stereocenters. The zero-order chi connectivity index (χ0) is 16.1. The number of hydrogen-bond acceptors (Lipinski definition) is 3. The van der Waals surface area contributed by atoms with Crippen molar-refractivity contribution in [2.45, 2.75) is 64.9 Å². The van der Waals surface area contributed by atoms with Crippen LogP contribution in [0.1, 0.15) is 59.3 Å². The average molecular weight is 305 g/mol. The molecule has 4 N–H and O–H groups in total. The Balaban J connectivity index is 2.06. The lowest BCUT2D eigenvalue weighted by atomic mass is 9.54. The van der Waals surface area contributed by atoms with E-state index in [4.69, 9.17) is 5.73 Å². The van der Waals surface area contributed by atoms with Crippen molar-refractivity contribution in [3.8, 4) is 0 Å².